The Morgan fingerprint density at radius 2 is 1.71 bits per heavy atom. The molecule has 0 saturated heterocycles. The zero-order valence-corrected chi connectivity index (χ0v) is 9.90. The minimum atomic E-state index is -1.34. The van der Waals surface area contributed by atoms with E-state index in [0.29, 0.717) is 0 Å². The SMILES string of the molecule is COP(=[Te])([TeH])OC. The molecule has 5 heteroatoms. The third kappa shape index (κ3) is 4.43. The van der Waals surface area contributed by atoms with Gasteiger partial charge in [0.1, 0.15) is 0 Å². The third-order valence-corrected chi connectivity index (χ3v) is 6.73. The van der Waals surface area contributed by atoms with Crippen molar-refractivity contribution in [3.63, 3.8) is 0 Å². The van der Waals surface area contributed by atoms with Gasteiger partial charge in [0.05, 0.1) is 0 Å². The van der Waals surface area contributed by atoms with Gasteiger partial charge in [0.15, 0.2) is 0 Å². The van der Waals surface area contributed by atoms with Crippen molar-refractivity contribution in [1.29, 1.82) is 0 Å². The molecule has 0 aliphatic rings. The minimum absolute atomic E-state index is 1.34. The van der Waals surface area contributed by atoms with Gasteiger partial charge >= 0.3 is 68.9 Å². The summed E-state index contributed by atoms with van der Waals surface area (Å²) in [5.74, 6) is 0. The molecule has 0 aliphatic carbocycles. The maximum atomic E-state index is 5.00. The van der Waals surface area contributed by atoms with Gasteiger partial charge in [-0.2, -0.15) is 0 Å². The van der Waals surface area contributed by atoms with E-state index < -0.39 is 2.63 Å². The summed E-state index contributed by atoms with van der Waals surface area (Å²) in [7, 11) is 3.36. The van der Waals surface area contributed by atoms with Crippen molar-refractivity contribution in [3.05, 3.63) is 0 Å². The zero-order valence-electron chi connectivity index (χ0n) is 4.12. The fourth-order valence-corrected chi connectivity index (χ4v) is 0.224. The molecule has 0 atom stereocenters. The van der Waals surface area contributed by atoms with Crippen LogP contribution in [0.25, 0.3) is 0 Å². The fraction of sp³-hybridized carbons (Fsp3) is 1.00. The van der Waals surface area contributed by atoms with Crippen LogP contribution < -0.4 is 0 Å². The van der Waals surface area contributed by atoms with E-state index in [4.69, 9.17) is 9.05 Å². The second-order valence-corrected chi connectivity index (χ2v) is 18.6. The molecule has 0 N–H and O–H groups in total. The van der Waals surface area contributed by atoms with Gasteiger partial charge in [0, 0.05) is 0 Å². The number of hydrogen-bond acceptors (Lipinski definition) is 2. The van der Waals surface area contributed by atoms with E-state index >= 15 is 0 Å². The molecule has 0 heterocycles. The van der Waals surface area contributed by atoms with Crippen molar-refractivity contribution in [2.45, 2.75) is 0 Å². The molecule has 0 rings (SSSR count). The van der Waals surface area contributed by atoms with Crippen LogP contribution in [0.15, 0.2) is 0 Å². The van der Waals surface area contributed by atoms with Gasteiger partial charge in [-0.25, -0.2) is 0 Å². The molecule has 0 radical (unpaired) electrons. The fourth-order valence-electron chi connectivity index (χ4n) is 0.0745. The molecule has 0 unspecified atom stereocenters. The standard InChI is InChI=1S/C2H7O2PTe2/c1-3-5(6,7)4-2/h1-2H3,(H,6,7). The average molecular weight is 349 g/mol. The first-order chi connectivity index (χ1) is 3.12. The van der Waals surface area contributed by atoms with Gasteiger partial charge in [-0.3, -0.25) is 0 Å². The van der Waals surface area contributed by atoms with Crippen LogP contribution in [0.4, 0.5) is 0 Å². The molecular formula is C2H7O2PTe2. The molecule has 0 aliphatic heterocycles. The Hall–Kier alpha value is 1.93. The van der Waals surface area contributed by atoms with Gasteiger partial charge in [-0.05, 0) is 0 Å². The molecule has 44 valence electrons. The summed E-state index contributed by atoms with van der Waals surface area (Å²) in [6, 6.07) is 0. The molecular weight excluding hydrogens is 342 g/mol. The zero-order chi connectivity index (χ0) is 5.91. The Balaban J connectivity index is 3.61. The molecule has 0 spiro atoms. The van der Waals surface area contributed by atoms with Crippen molar-refractivity contribution in [1.82, 2.24) is 0 Å². The Bertz CT molecular complexity index is 85.7. The first-order valence-electron chi connectivity index (χ1n) is 1.56. The molecule has 0 aromatic heterocycles. The predicted molar refractivity (Wildman–Crippen MR) is 33.8 cm³/mol. The summed E-state index contributed by atoms with van der Waals surface area (Å²) >= 11 is 3.55. The molecule has 0 amide bonds. The van der Waals surface area contributed by atoms with Crippen LogP contribution in [-0.2, 0) is 9.05 Å². The van der Waals surface area contributed by atoms with Crippen LogP contribution in [0.2, 0.25) is 0 Å². The first kappa shape index (κ1) is 8.93. The summed E-state index contributed by atoms with van der Waals surface area (Å²) in [4.78, 5) is 0. The Labute approximate surface area is 68.4 Å². The monoisotopic (exact) mass is 354 g/mol. The van der Waals surface area contributed by atoms with E-state index in [2.05, 4.69) is 0 Å². The Kier molecular flexibility index (Phi) is 4.93. The third-order valence-electron chi connectivity index (χ3n) is 0.461. The molecule has 0 saturated carbocycles. The van der Waals surface area contributed by atoms with Gasteiger partial charge in [0.25, 0.3) is 0 Å². The van der Waals surface area contributed by atoms with Crippen LogP contribution in [0.1, 0.15) is 0 Å². The van der Waals surface area contributed by atoms with E-state index in [-0.39, 0.29) is 0 Å². The maximum absolute atomic E-state index is 5.00. The Morgan fingerprint density at radius 1 is 1.43 bits per heavy atom. The second-order valence-electron chi connectivity index (χ2n) is 0.834. The van der Waals surface area contributed by atoms with E-state index in [0.717, 1.165) is 0 Å². The van der Waals surface area contributed by atoms with Gasteiger partial charge < -0.3 is 0 Å². The van der Waals surface area contributed by atoms with Crippen molar-refractivity contribution < 1.29 is 9.05 Å². The van der Waals surface area contributed by atoms with Gasteiger partial charge in [-0.1, -0.05) is 0 Å². The molecule has 7 heavy (non-hydrogen) atoms. The Morgan fingerprint density at radius 3 is 1.71 bits per heavy atom. The van der Waals surface area contributed by atoms with Crippen molar-refractivity contribution in [2.24, 2.45) is 0 Å². The average Bonchev–Trinajstić information content (AvgIpc) is 1.68. The summed E-state index contributed by atoms with van der Waals surface area (Å²) in [5, 5.41) is 0. The van der Waals surface area contributed by atoms with Crippen LogP contribution in [-0.4, -0.2) is 57.2 Å². The van der Waals surface area contributed by atoms with Gasteiger partial charge in [0.2, 0.25) is 0 Å². The van der Waals surface area contributed by atoms with Crippen molar-refractivity contribution in [2.75, 3.05) is 14.2 Å². The van der Waals surface area contributed by atoms with E-state index in [9.17, 15) is 0 Å². The summed E-state index contributed by atoms with van der Waals surface area (Å²) in [5.41, 5.74) is 0. The van der Waals surface area contributed by atoms with Crippen molar-refractivity contribution >= 4 is 45.6 Å². The van der Waals surface area contributed by atoms with Crippen LogP contribution >= 0.6 is 2.63 Å². The van der Waals surface area contributed by atoms with E-state index in [1.54, 1.807) is 36.0 Å². The second kappa shape index (κ2) is 3.86. The molecule has 2 nitrogen and oxygen atoms in total. The summed E-state index contributed by atoms with van der Waals surface area (Å²) in [6.07, 6.45) is 0. The molecule has 0 fully saturated rings. The molecule has 0 aromatic carbocycles. The number of hydrogen-bond donors (Lipinski definition) is 0. The van der Waals surface area contributed by atoms with Gasteiger partial charge in [-0.15, -0.1) is 0 Å². The van der Waals surface area contributed by atoms with Crippen LogP contribution in [0.3, 0.4) is 0 Å². The number of rotatable bonds is 2. The van der Waals surface area contributed by atoms with E-state index in [1.165, 1.54) is 0 Å². The van der Waals surface area contributed by atoms with E-state index in [1.807, 2.05) is 21.2 Å². The first-order valence-corrected chi connectivity index (χ1v) is 9.61. The molecule has 0 bridgehead atoms. The van der Waals surface area contributed by atoms with Crippen LogP contribution in [0, 0.1) is 0 Å². The topological polar surface area (TPSA) is 18.5 Å². The summed E-state index contributed by atoms with van der Waals surface area (Å²) < 4.78 is 8.66. The predicted octanol–water partition coefficient (Wildman–Crippen LogP) is 0.0261. The normalized spacial score (nSPS) is 11.9. The quantitative estimate of drug-likeness (QED) is 0.517. The summed E-state index contributed by atoms with van der Waals surface area (Å²) in [6.45, 7) is 0. The van der Waals surface area contributed by atoms with Crippen LogP contribution in [0.5, 0.6) is 0 Å². The molecule has 0 aromatic rings. The van der Waals surface area contributed by atoms with Crippen molar-refractivity contribution in [3.8, 4) is 0 Å².